The van der Waals surface area contributed by atoms with E-state index in [0.29, 0.717) is 6.54 Å². The second-order valence-electron chi connectivity index (χ2n) is 5.06. The summed E-state index contributed by atoms with van der Waals surface area (Å²) >= 11 is 0. The van der Waals surface area contributed by atoms with Crippen LogP contribution in [0.4, 0.5) is 0 Å². The molecule has 7 heteroatoms. The minimum Gasteiger partial charge on any atom is -0.477 e. The van der Waals surface area contributed by atoms with Gasteiger partial charge in [0.1, 0.15) is 17.1 Å². The number of aromatic carboxylic acids is 1. The Morgan fingerprint density at radius 2 is 2.00 bits per heavy atom. The Morgan fingerprint density at radius 3 is 2.59 bits per heavy atom. The fourth-order valence-corrected chi connectivity index (χ4v) is 2.31. The molecule has 0 aliphatic carbocycles. The molecule has 2 rings (SSSR count). The Hall–Kier alpha value is -2.70. The van der Waals surface area contributed by atoms with Crippen LogP contribution in [-0.2, 0) is 0 Å². The summed E-state index contributed by atoms with van der Waals surface area (Å²) in [4.78, 5) is 26.7. The van der Waals surface area contributed by atoms with E-state index in [2.05, 4.69) is 15.5 Å². The van der Waals surface area contributed by atoms with Gasteiger partial charge in [0.05, 0.1) is 5.69 Å². The monoisotopic (exact) mass is 303 g/mol. The van der Waals surface area contributed by atoms with E-state index < -0.39 is 11.9 Å². The number of hydrogen-bond donors (Lipinski definition) is 2. The summed E-state index contributed by atoms with van der Waals surface area (Å²) in [5, 5.41) is 15.5. The van der Waals surface area contributed by atoms with E-state index in [-0.39, 0.29) is 17.3 Å². The van der Waals surface area contributed by atoms with Crippen molar-refractivity contribution >= 4 is 11.9 Å². The van der Waals surface area contributed by atoms with Gasteiger partial charge in [0.15, 0.2) is 0 Å². The van der Waals surface area contributed by atoms with Crippen molar-refractivity contribution in [1.29, 1.82) is 0 Å². The molecule has 2 aromatic rings. The van der Waals surface area contributed by atoms with Crippen LogP contribution in [0.5, 0.6) is 0 Å². The van der Waals surface area contributed by atoms with E-state index in [1.54, 1.807) is 0 Å². The first kappa shape index (κ1) is 15.7. The summed E-state index contributed by atoms with van der Waals surface area (Å²) in [5.41, 5.74) is 1.68. The lowest BCUT2D eigenvalue weighted by atomic mass is 9.99. The first-order valence-electron chi connectivity index (χ1n) is 6.81. The van der Waals surface area contributed by atoms with Crippen LogP contribution >= 0.6 is 0 Å². The van der Waals surface area contributed by atoms with Gasteiger partial charge >= 0.3 is 5.97 Å². The molecule has 0 radical (unpaired) electrons. The number of pyridine rings is 1. The highest BCUT2D eigenvalue weighted by Gasteiger charge is 2.18. The second kappa shape index (κ2) is 6.38. The van der Waals surface area contributed by atoms with Crippen molar-refractivity contribution in [2.75, 3.05) is 6.54 Å². The lowest BCUT2D eigenvalue weighted by Crippen LogP contribution is -2.28. The Balaban J connectivity index is 2.04. The molecule has 0 aliphatic rings. The van der Waals surface area contributed by atoms with Crippen LogP contribution in [-0.4, -0.2) is 33.7 Å². The molecule has 116 valence electrons. The normalized spacial score (nSPS) is 12.0. The number of aromatic nitrogens is 2. The summed E-state index contributed by atoms with van der Waals surface area (Å²) < 4.78 is 5.11. The van der Waals surface area contributed by atoms with E-state index in [1.165, 1.54) is 18.2 Å². The topological polar surface area (TPSA) is 105 Å². The molecule has 1 amide bonds. The number of amides is 1. The van der Waals surface area contributed by atoms with Crippen LogP contribution < -0.4 is 5.32 Å². The molecule has 0 aromatic carbocycles. The van der Waals surface area contributed by atoms with E-state index in [9.17, 15) is 9.59 Å². The molecule has 0 saturated heterocycles. The van der Waals surface area contributed by atoms with Gasteiger partial charge in [-0.25, -0.2) is 9.78 Å². The minimum atomic E-state index is -1.17. The molecule has 1 unspecified atom stereocenters. The van der Waals surface area contributed by atoms with Gasteiger partial charge in [-0.3, -0.25) is 4.79 Å². The number of carbonyl (C=O) groups excluding carboxylic acids is 1. The van der Waals surface area contributed by atoms with Crippen molar-refractivity contribution in [1.82, 2.24) is 15.5 Å². The predicted octanol–water partition coefficient (Wildman–Crippen LogP) is 1.92. The van der Waals surface area contributed by atoms with Gasteiger partial charge in [-0.15, -0.1) is 0 Å². The Kier molecular flexibility index (Phi) is 4.55. The van der Waals surface area contributed by atoms with Crippen LogP contribution in [0.15, 0.2) is 22.7 Å². The molecule has 7 nitrogen and oxygen atoms in total. The summed E-state index contributed by atoms with van der Waals surface area (Å²) in [6, 6.07) is 4.30. The van der Waals surface area contributed by atoms with Crippen LogP contribution in [0.25, 0.3) is 0 Å². The maximum absolute atomic E-state index is 12.1. The number of carboxylic acid groups (broad SMARTS) is 1. The average molecular weight is 303 g/mol. The lowest BCUT2D eigenvalue weighted by molar-refractivity contribution is 0.0690. The molecule has 22 heavy (non-hydrogen) atoms. The third-order valence-electron chi connectivity index (χ3n) is 3.35. The second-order valence-corrected chi connectivity index (χ2v) is 5.06. The highest BCUT2D eigenvalue weighted by molar-refractivity contribution is 5.94. The molecular weight excluding hydrogens is 286 g/mol. The number of nitrogens with zero attached hydrogens (tertiary/aromatic N) is 2. The lowest BCUT2D eigenvalue weighted by Gasteiger charge is -2.12. The zero-order chi connectivity index (χ0) is 16.3. The zero-order valence-corrected chi connectivity index (χ0v) is 12.6. The average Bonchev–Trinajstić information content (AvgIpc) is 2.83. The number of carbonyl (C=O) groups is 2. The van der Waals surface area contributed by atoms with Crippen molar-refractivity contribution < 1.29 is 19.2 Å². The van der Waals surface area contributed by atoms with Gasteiger partial charge < -0.3 is 14.9 Å². The molecule has 0 saturated carbocycles. The Labute approximate surface area is 127 Å². The third kappa shape index (κ3) is 3.30. The first-order chi connectivity index (χ1) is 10.4. The van der Waals surface area contributed by atoms with Crippen LogP contribution in [0, 0.1) is 13.8 Å². The van der Waals surface area contributed by atoms with Gasteiger partial charge in [0, 0.05) is 18.0 Å². The molecule has 0 spiro atoms. The number of rotatable bonds is 5. The minimum absolute atomic E-state index is 0.0258. The SMILES string of the molecule is Cc1noc(C)c1C(C)CNC(=O)c1cccc(C(=O)O)n1. The summed E-state index contributed by atoms with van der Waals surface area (Å²) in [6.07, 6.45) is 0. The molecule has 0 bridgehead atoms. The highest BCUT2D eigenvalue weighted by atomic mass is 16.5. The van der Waals surface area contributed by atoms with Crippen molar-refractivity contribution in [3.63, 3.8) is 0 Å². The largest absolute Gasteiger partial charge is 0.477 e. The fraction of sp³-hybridized carbons (Fsp3) is 0.333. The van der Waals surface area contributed by atoms with Gasteiger partial charge in [0.25, 0.3) is 5.91 Å². The van der Waals surface area contributed by atoms with E-state index in [1.807, 2.05) is 20.8 Å². The van der Waals surface area contributed by atoms with Gasteiger partial charge in [0.2, 0.25) is 0 Å². The quantitative estimate of drug-likeness (QED) is 0.874. The van der Waals surface area contributed by atoms with Crippen LogP contribution in [0.1, 0.15) is 50.8 Å². The molecule has 2 heterocycles. The number of carboxylic acids is 1. The molecule has 1 atom stereocenters. The molecule has 0 fully saturated rings. The van der Waals surface area contributed by atoms with E-state index in [0.717, 1.165) is 17.0 Å². The van der Waals surface area contributed by atoms with E-state index >= 15 is 0 Å². The molecule has 2 aromatic heterocycles. The van der Waals surface area contributed by atoms with Crippen molar-refractivity contribution in [2.24, 2.45) is 0 Å². The smallest absolute Gasteiger partial charge is 0.354 e. The van der Waals surface area contributed by atoms with E-state index in [4.69, 9.17) is 9.63 Å². The zero-order valence-electron chi connectivity index (χ0n) is 12.6. The van der Waals surface area contributed by atoms with Gasteiger partial charge in [-0.05, 0) is 26.0 Å². The Bertz CT molecular complexity index is 689. The molecule has 2 N–H and O–H groups in total. The fourth-order valence-electron chi connectivity index (χ4n) is 2.31. The Morgan fingerprint density at radius 1 is 1.32 bits per heavy atom. The van der Waals surface area contributed by atoms with Gasteiger partial charge in [-0.2, -0.15) is 0 Å². The third-order valence-corrected chi connectivity index (χ3v) is 3.35. The molecule has 0 aliphatic heterocycles. The standard InChI is InChI=1S/C15H17N3O4/c1-8(13-9(2)18-22-10(13)3)7-16-14(19)11-5-4-6-12(17-11)15(20)21/h4-6,8H,7H2,1-3H3,(H,16,19)(H,20,21). The highest BCUT2D eigenvalue weighted by Crippen LogP contribution is 2.22. The summed E-state index contributed by atoms with van der Waals surface area (Å²) in [6.45, 7) is 6.00. The van der Waals surface area contributed by atoms with Crippen molar-refractivity contribution in [2.45, 2.75) is 26.7 Å². The van der Waals surface area contributed by atoms with Gasteiger partial charge in [-0.1, -0.05) is 18.1 Å². The molecular formula is C15H17N3O4. The maximum Gasteiger partial charge on any atom is 0.354 e. The predicted molar refractivity (Wildman–Crippen MR) is 77.9 cm³/mol. The summed E-state index contributed by atoms with van der Waals surface area (Å²) in [5.74, 6) is -0.830. The maximum atomic E-state index is 12.1. The first-order valence-corrected chi connectivity index (χ1v) is 6.81. The van der Waals surface area contributed by atoms with Crippen LogP contribution in [0.2, 0.25) is 0 Å². The van der Waals surface area contributed by atoms with Crippen LogP contribution in [0.3, 0.4) is 0 Å². The van der Waals surface area contributed by atoms with Crippen molar-refractivity contribution in [3.05, 3.63) is 46.6 Å². The number of nitrogens with one attached hydrogen (secondary N) is 1. The number of aryl methyl sites for hydroxylation is 2. The summed E-state index contributed by atoms with van der Waals surface area (Å²) in [7, 11) is 0. The number of hydrogen-bond acceptors (Lipinski definition) is 5. The van der Waals surface area contributed by atoms with Crippen molar-refractivity contribution in [3.8, 4) is 0 Å².